The molecule has 1 aliphatic rings. The number of azo groups is 1. The average molecular weight is 326 g/mol. The Morgan fingerprint density at radius 3 is 2.79 bits per heavy atom. The van der Waals surface area contributed by atoms with E-state index in [0.717, 1.165) is 5.69 Å². The van der Waals surface area contributed by atoms with Crippen molar-refractivity contribution in [1.82, 2.24) is 9.38 Å². The van der Waals surface area contributed by atoms with Crippen molar-refractivity contribution >= 4 is 17.2 Å². The maximum absolute atomic E-state index is 13.6. The summed E-state index contributed by atoms with van der Waals surface area (Å²) < 4.78 is 25.8. The fourth-order valence-electron chi connectivity index (χ4n) is 2.56. The van der Waals surface area contributed by atoms with Gasteiger partial charge in [0.05, 0.1) is 11.4 Å². The van der Waals surface area contributed by atoms with E-state index in [1.54, 1.807) is 28.7 Å². The first-order chi connectivity index (χ1) is 11.6. The van der Waals surface area contributed by atoms with Gasteiger partial charge < -0.3 is 9.47 Å². The number of hydrogen-bond acceptors (Lipinski definition) is 5. The molecule has 24 heavy (non-hydrogen) atoms. The third-order valence-electron chi connectivity index (χ3n) is 3.75. The van der Waals surface area contributed by atoms with E-state index in [-0.39, 0.29) is 18.5 Å². The number of imidazole rings is 1. The van der Waals surface area contributed by atoms with Gasteiger partial charge in [0.1, 0.15) is 11.5 Å². The molecule has 3 heterocycles. The summed E-state index contributed by atoms with van der Waals surface area (Å²) in [4.78, 5) is 4.52. The molecule has 4 rings (SSSR count). The molecule has 0 aliphatic carbocycles. The molecule has 2 aromatic heterocycles. The monoisotopic (exact) mass is 326 g/mol. The Kier molecular flexibility index (Phi) is 3.41. The first kappa shape index (κ1) is 14.6. The van der Waals surface area contributed by atoms with Gasteiger partial charge in [-0.2, -0.15) is 0 Å². The second kappa shape index (κ2) is 5.59. The Balaban J connectivity index is 1.78. The fourth-order valence-corrected chi connectivity index (χ4v) is 2.56. The normalized spacial score (nSPS) is 13.5. The van der Waals surface area contributed by atoms with Gasteiger partial charge in [-0.25, -0.2) is 9.37 Å². The highest BCUT2D eigenvalue weighted by Crippen LogP contribution is 2.36. The molecular weight excluding hydrogens is 311 g/mol. The van der Waals surface area contributed by atoms with Gasteiger partial charge in [0.25, 0.3) is 0 Å². The van der Waals surface area contributed by atoms with Crippen LogP contribution in [0.1, 0.15) is 25.5 Å². The van der Waals surface area contributed by atoms with Crippen LogP contribution in [-0.2, 0) is 0 Å². The summed E-state index contributed by atoms with van der Waals surface area (Å²) in [7, 11) is 0. The van der Waals surface area contributed by atoms with Crippen LogP contribution in [0.2, 0.25) is 0 Å². The van der Waals surface area contributed by atoms with Crippen molar-refractivity contribution in [2.75, 3.05) is 6.79 Å². The van der Waals surface area contributed by atoms with E-state index in [1.165, 1.54) is 12.3 Å². The van der Waals surface area contributed by atoms with Gasteiger partial charge in [0, 0.05) is 12.3 Å². The quantitative estimate of drug-likeness (QED) is 0.653. The predicted molar refractivity (Wildman–Crippen MR) is 86.0 cm³/mol. The molecule has 1 aliphatic heterocycles. The summed E-state index contributed by atoms with van der Waals surface area (Å²) >= 11 is 0. The van der Waals surface area contributed by atoms with E-state index in [4.69, 9.17) is 9.47 Å². The molecular formula is C17H15FN4O2. The molecule has 6 nitrogen and oxygen atoms in total. The molecule has 3 aromatic rings. The van der Waals surface area contributed by atoms with Crippen molar-refractivity contribution in [3.63, 3.8) is 0 Å². The number of aromatic nitrogens is 2. The highest BCUT2D eigenvalue weighted by atomic mass is 19.1. The lowest BCUT2D eigenvalue weighted by Gasteiger charge is -2.02. The van der Waals surface area contributed by atoms with E-state index < -0.39 is 0 Å². The molecule has 0 N–H and O–H groups in total. The van der Waals surface area contributed by atoms with Crippen molar-refractivity contribution in [2.24, 2.45) is 10.2 Å². The zero-order valence-corrected chi connectivity index (χ0v) is 13.2. The SMILES string of the molecule is CC(C)c1nc2ccc(F)cn2c1N=Nc1ccc2c(c1)OCO2. The molecule has 0 unspecified atom stereocenters. The molecule has 0 saturated heterocycles. The molecule has 0 fully saturated rings. The molecule has 0 saturated carbocycles. The highest BCUT2D eigenvalue weighted by Gasteiger charge is 2.16. The summed E-state index contributed by atoms with van der Waals surface area (Å²) in [6.07, 6.45) is 1.36. The predicted octanol–water partition coefficient (Wildman–Crippen LogP) is 4.74. The first-order valence-corrected chi connectivity index (χ1v) is 7.61. The fraction of sp³-hybridized carbons (Fsp3) is 0.235. The number of pyridine rings is 1. The lowest BCUT2D eigenvalue weighted by atomic mass is 10.1. The molecule has 7 heteroatoms. The second-order valence-electron chi connectivity index (χ2n) is 5.79. The maximum Gasteiger partial charge on any atom is 0.231 e. The Morgan fingerprint density at radius 1 is 1.12 bits per heavy atom. The number of ether oxygens (including phenoxy) is 2. The smallest absolute Gasteiger partial charge is 0.231 e. The second-order valence-corrected chi connectivity index (χ2v) is 5.79. The Hall–Kier alpha value is -2.96. The molecule has 0 bridgehead atoms. The third-order valence-corrected chi connectivity index (χ3v) is 3.75. The third kappa shape index (κ3) is 2.47. The minimum absolute atomic E-state index is 0.138. The summed E-state index contributed by atoms with van der Waals surface area (Å²) in [5, 5.41) is 8.57. The molecule has 0 amide bonds. The summed E-state index contributed by atoms with van der Waals surface area (Å²) in [6, 6.07) is 8.33. The van der Waals surface area contributed by atoms with E-state index in [1.807, 2.05) is 13.8 Å². The maximum atomic E-state index is 13.6. The highest BCUT2D eigenvalue weighted by molar-refractivity contribution is 5.55. The average Bonchev–Trinajstić information content (AvgIpc) is 3.16. The van der Waals surface area contributed by atoms with E-state index >= 15 is 0 Å². The van der Waals surface area contributed by atoms with Crippen LogP contribution in [0.3, 0.4) is 0 Å². The van der Waals surface area contributed by atoms with Gasteiger partial charge in [-0.3, -0.25) is 4.40 Å². The lowest BCUT2D eigenvalue weighted by Crippen LogP contribution is -1.92. The van der Waals surface area contributed by atoms with Crippen molar-refractivity contribution in [3.8, 4) is 11.5 Å². The van der Waals surface area contributed by atoms with Crippen LogP contribution in [-0.4, -0.2) is 16.2 Å². The van der Waals surface area contributed by atoms with Crippen molar-refractivity contribution in [3.05, 3.63) is 48.0 Å². The van der Waals surface area contributed by atoms with Crippen LogP contribution >= 0.6 is 0 Å². The van der Waals surface area contributed by atoms with Gasteiger partial charge in [-0.1, -0.05) is 13.8 Å². The number of fused-ring (bicyclic) bond motifs is 2. The van der Waals surface area contributed by atoms with Crippen molar-refractivity contribution in [1.29, 1.82) is 0 Å². The summed E-state index contributed by atoms with van der Waals surface area (Å²) in [6.45, 7) is 4.23. The largest absolute Gasteiger partial charge is 0.454 e. The van der Waals surface area contributed by atoms with Gasteiger partial charge in [0.2, 0.25) is 6.79 Å². The Labute approximate surface area is 137 Å². The van der Waals surface area contributed by atoms with E-state index in [0.29, 0.717) is 28.7 Å². The van der Waals surface area contributed by atoms with Crippen LogP contribution in [0.4, 0.5) is 15.9 Å². The minimum atomic E-state index is -0.352. The zero-order valence-electron chi connectivity index (χ0n) is 13.2. The molecule has 122 valence electrons. The van der Waals surface area contributed by atoms with E-state index in [2.05, 4.69) is 15.2 Å². The first-order valence-electron chi connectivity index (χ1n) is 7.61. The van der Waals surface area contributed by atoms with Gasteiger partial charge in [-0.05, 0) is 30.2 Å². The van der Waals surface area contributed by atoms with Gasteiger partial charge >= 0.3 is 0 Å². The number of rotatable bonds is 3. The van der Waals surface area contributed by atoms with Crippen LogP contribution in [0.5, 0.6) is 11.5 Å². The van der Waals surface area contributed by atoms with Crippen molar-refractivity contribution in [2.45, 2.75) is 19.8 Å². The molecule has 0 atom stereocenters. The minimum Gasteiger partial charge on any atom is -0.454 e. The number of benzene rings is 1. The molecule has 0 spiro atoms. The topological polar surface area (TPSA) is 60.5 Å². The van der Waals surface area contributed by atoms with Gasteiger partial charge in [-0.15, -0.1) is 10.2 Å². The zero-order chi connectivity index (χ0) is 16.7. The Morgan fingerprint density at radius 2 is 1.96 bits per heavy atom. The van der Waals surface area contributed by atoms with Crippen molar-refractivity contribution < 1.29 is 13.9 Å². The lowest BCUT2D eigenvalue weighted by molar-refractivity contribution is 0.174. The number of hydrogen-bond donors (Lipinski definition) is 0. The van der Waals surface area contributed by atoms with Crippen LogP contribution in [0.15, 0.2) is 46.8 Å². The van der Waals surface area contributed by atoms with Crippen LogP contribution in [0.25, 0.3) is 5.65 Å². The van der Waals surface area contributed by atoms with Gasteiger partial charge in [0.15, 0.2) is 17.3 Å². The van der Waals surface area contributed by atoms with Crippen LogP contribution < -0.4 is 9.47 Å². The molecule has 0 radical (unpaired) electrons. The number of nitrogens with zero attached hydrogens (tertiary/aromatic N) is 4. The Bertz CT molecular complexity index is 949. The summed E-state index contributed by atoms with van der Waals surface area (Å²) in [5.74, 6) is 1.64. The standard InChI is InChI=1S/C17H15FN4O2/c1-10(2)16-17(22-8-11(18)3-6-15(22)19-16)21-20-12-4-5-13-14(7-12)24-9-23-13/h3-8,10H,9H2,1-2H3. The van der Waals surface area contributed by atoms with E-state index in [9.17, 15) is 4.39 Å². The summed E-state index contributed by atoms with van der Waals surface area (Å²) in [5.41, 5.74) is 2.03. The molecule has 1 aromatic carbocycles. The van der Waals surface area contributed by atoms with Crippen LogP contribution in [0, 0.1) is 5.82 Å². The number of halogens is 1.